The summed E-state index contributed by atoms with van der Waals surface area (Å²) in [4.78, 5) is 11.1. The van der Waals surface area contributed by atoms with Crippen LogP contribution in [0.15, 0.2) is 18.2 Å². The van der Waals surface area contributed by atoms with Crippen LogP contribution in [0.4, 0.5) is 0 Å². The maximum atomic E-state index is 11.1. The third-order valence-electron chi connectivity index (χ3n) is 3.74. The van der Waals surface area contributed by atoms with Gasteiger partial charge in [-0.2, -0.15) is 0 Å². The summed E-state index contributed by atoms with van der Waals surface area (Å²) in [5.41, 5.74) is 4.38. The van der Waals surface area contributed by atoms with E-state index in [2.05, 4.69) is 28.8 Å². The number of hydrogen-bond donors (Lipinski definition) is 2. The molecule has 90 valence electrons. The van der Waals surface area contributed by atoms with Gasteiger partial charge in [0.05, 0.1) is 0 Å². The van der Waals surface area contributed by atoms with Gasteiger partial charge in [0.15, 0.2) is 0 Å². The normalized spacial score (nSPS) is 22.6. The van der Waals surface area contributed by atoms with E-state index in [0.29, 0.717) is 12.5 Å². The maximum Gasteiger partial charge on any atom is 0.221 e. The molecule has 1 atom stereocenters. The Morgan fingerprint density at radius 1 is 1.29 bits per heavy atom. The molecule has 0 spiro atoms. The van der Waals surface area contributed by atoms with Crippen LogP contribution < -0.4 is 10.6 Å². The van der Waals surface area contributed by atoms with E-state index in [1.165, 1.54) is 36.0 Å². The summed E-state index contributed by atoms with van der Waals surface area (Å²) in [6.45, 7) is 1.64. The highest BCUT2D eigenvalue weighted by atomic mass is 16.1. The van der Waals surface area contributed by atoms with Crippen molar-refractivity contribution in [1.29, 1.82) is 0 Å². The Hall–Kier alpha value is -1.35. The minimum absolute atomic E-state index is 0.163. The fraction of sp³-hybridized carbons (Fsp3) is 0.500. The van der Waals surface area contributed by atoms with Crippen LogP contribution >= 0.6 is 0 Å². The first-order chi connectivity index (χ1) is 8.31. The molecule has 1 aromatic carbocycles. The molecule has 3 rings (SSSR count). The van der Waals surface area contributed by atoms with E-state index in [9.17, 15) is 4.79 Å². The van der Waals surface area contributed by atoms with E-state index in [0.717, 1.165) is 13.1 Å². The SMILES string of the molecule is O=C1CC(NCc2ccc3c(c2)CCC3)CN1. The molecule has 3 nitrogen and oxygen atoms in total. The molecule has 1 unspecified atom stereocenters. The highest BCUT2D eigenvalue weighted by molar-refractivity contribution is 5.78. The molecule has 1 aromatic rings. The highest BCUT2D eigenvalue weighted by Crippen LogP contribution is 2.22. The van der Waals surface area contributed by atoms with Crippen molar-refractivity contribution in [2.75, 3.05) is 6.54 Å². The summed E-state index contributed by atoms with van der Waals surface area (Å²) < 4.78 is 0. The lowest BCUT2D eigenvalue weighted by Gasteiger charge is -2.11. The third kappa shape index (κ3) is 2.34. The fourth-order valence-electron chi connectivity index (χ4n) is 2.75. The molecule has 2 N–H and O–H groups in total. The molecule has 1 fully saturated rings. The molecule has 1 aliphatic heterocycles. The second-order valence-electron chi connectivity index (χ2n) is 5.04. The molecule has 0 radical (unpaired) electrons. The number of benzene rings is 1. The molecule has 17 heavy (non-hydrogen) atoms. The van der Waals surface area contributed by atoms with Gasteiger partial charge >= 0.3 is 0 Å². The van der Waals surface area contributed by atoms with Crippen molar-refractivity contribution >= 4 is 5.91 Å². The predicted octanol–water partition coefficient (Wildman–Crippen LogP) is 1.15. The average molecular weight is 230 g/mol. The number of rotatable bonds is 3. The summed E-state index contributed by atoms with van der Waals surface area (Å²) in [6.07, 6.45) is 4.38. The molecule has 1 saturated heterocycles. The summed E-state index contributed by atoms with van der Waals surface area (Å²) in [5, 5.41) is 6.28. The summed E-state index contributed by atoms with van der Waals surface area (Å²) in [6, 6.07) is 7.09. The number of carbonyl (C=O) groups is 1. The Balaban J connectivity index is 1.60. The zero-order chi connectivity index (χ0) is 11.7. The second-order valence-corrected chi connectivity index (χ2v) is 5.04. The number of aryl methyl sites for hydroxylation is 2. The Morgan fingerprint density at radius 2 is 2.18 bits per heavy atom. The number of amides is 1. The predicted molar refractivity (Wildman–Crippen MR) is 66.7 cm³/mol. The lowest BCUT2D eigenvalue weighted by molar-refractivity contribution is -0.119. The van der Waals surface area contributed by atoms with Crippen molar-refractivity contribution in [2.45, 2.75) is 38.3 Å². The van der Waals surface area contributed by atoms with Crippen molar-refractivity contribution in [2.24, 2.45) is 0 Å². The Kier molecular flexibility index (Phi) is 2.85. The average Bonchev–Trinajstić information content (AvgIpc) is 2.94. The fourth-order valence-corrected chi connectivity index (χ4v) is 2.75. The van der Waals surface area contributed by atoms with Crippen molar-refractivity contribution in [3.05, 3.63) is 34.9 Å². The number of hydrogen-bond acceptors (Lipinski definition) is 2. The monoisotopic (exact) mass is 230 g/mol. The van der Waals surface area contributed by atoms with Crippen molar-refractivity contribution < 1.29 is 4.79 Å². The van der Waals surface area contributed by atoms with Crippen LogP contribution in [-0.4, -0.2) is 18.5 Å². The zero-order valence-corrected chi connectivity index (χ0v) is 9.96. The van der Waals surface area contributed by atoms with Gasteiger partial charge in [-0.05, 0) is 36.0 Å². The van der Waals surface area contributed by atoms with Gasteiger partial charge in [0.25, 0.3) is 0 Å². The largest absolute Gasteiger partial charge is 0.354 e. The quantitative estimate of drug-likeness (QED) is 0.818. The molecule has 1 aliphatic carbocycles. The minimum atomic E-state index is 0.163. The van der Waals surface area contributed by atoms with Crippen LogP contribution in [0.1, 0.15) is 29.5 Å². The van der Waals surface area contributed by atoms with Crippen LogP contribution in [0.3, 0.4) is 0 Å². The van der Waals surface area contributed by atoms with Gasteiger partial charge in [0.2, 0.25) is 5.91 Å². The van der Waals surface area contributed by atoms with Gasteiger partial charge in [0, 0.05) is 25.6 Å². The summed E-state index contributed by atoms with van der Waals surface area (Å²) in [7, 11) is 0. The summed E-state index contributed by atoms with van der Waals surface area (Å²) in [5.74, 6) is 0.163. The standard InChI is InChI=1S/C14H18N2O/c17-14-7-13(9-16-14)15-8-10-4-5-11-2-1-3-12(11)6-10/h4-6,13,15H,1-3,7-9H2,(H,16,17). The van der Waals surface area contributed by atoms with Crippen molar-refractivity contribution in [1.82, 2.24) is 10.6 Å². The Bertz CT molecular complexity index is 442. The van der Waals surface area contributed by atoms with Crippen LogP contribution in [0, 0.1) is 0 Å². The van der Waals surface area contributed by atoms with Crippen LogP contribution in [0.2, 0.25) is 0 Å². The lowest BCUT2D eigenvalue weighted by Crippen LogP contribution is -2.30. The molecular formula is C14H18N2O. The smallest absolute Gasteiger partial charge is 0.221 e. The van der Waals surface area contributed by atoms with E-state index in [4.69, 9.17) is 0 Å². The van der Waals surface area contributed by atoms with Gasteiger partial charge < -0.3 is 10.6 Å². The lowest BCUT2D eigenvalue weighted by atomic mass is 10.1. The maximum absolute atomic E-state index is 11.1. The van der Waals surface area contributed by atoms with E-state index < -0.39 is 0 Å². The molecule has 0 bridgehead atoms. The van der Waals surface area contributed by atoms with Crippen molar-refractivity contribution in [3.8, 4) is 0 Å². The highest BCUT2D eigenvalue weighted by Gasteiger charge is 2.20. The van der Waals surface area contributed by atoms with Gasteiger partial charge in [-0.25, -0.2) is 0 Å². The summed E-state index contributed by atoms with van der Waals surface area (Å²) >= 11 is 0. The van der Waals surface area contributed by atoms with Crippen LogP contribution in [-0.2, 0) is 24.2 Å². The topological polar surface area (TPSA) is 41.1 Å². The molecule has 1 heterocycles. The van der Waals surface area contributed by atoms with Gasteiger partial charge in [0.1, 0.15) is 0 Å². The van der Waals surface area contributed by atoms with Crippen LogP contribution in [0.25, 0.3) is 0 Å². The van der Waals surface area contributed by atoms with E-state index in [1.807, 2.05) is 0 Å². The van der Waals surface area contributed by atoms with Gasteiger partial charge in [-0.1, -0.05) is 18.2 Å². The third-order valence-corrected chi connectivity index (χ3v) is 3.74. The Morgan fingerprint density at radius 3 is 3.00 bits per heavy atom. The molecule has 3 heteroatoms. The number of nitrogens with one attached hydrogen (secondary N) is 2. The minimum Gasteiger partial charge on any atom is -0.354 e. The Labute approximate surface area is 102 Å². The number of fused-ring (bicyclic) bond motifs is 1. The first kappa shape index (κ1) is 10.8. The first-order valence-electron chi connectivity index (χ1n) is 6.42. The second kappa shape index (κ2) is 4.49. The zero-order valence-electron chi connectivity index (χ0n) is 9.96. The molecule has 0 aromatic heterocycles. The van der Waals surface area contributed by atoms with Crippen LogP contribution in [0.5, 0.6) is 0 Å². The molecule has 0 saturated carbocycles. The first-order valence-corrected chi connectivity index (χ1v) is 6.42. The molecule has 1 amide bonds. The van der Waals surface area contributed by atoms with E-state index >= 15 is 0 Å². The van der Waals surface area contributed by atoms with E-state index in [-0.39, 0.29) is 5.91 Å². The molecular weight excluding hydrogens is 212 g/mol. The van der Waals surface area contributed by atoms with Gasteiger partial charge in [-0.15, -0.1) is 0 Å². The molecule has 2 aliphatic rings. The van der Waals surface area contributed by atoms with Gasteiger partial charge in [-0.3, -0.25) is 4.79 Å². The number of carbonyl (C=O) groups excluding carboxylic acids is 1. The van der Waals surface area contributed by atoms with E-state index in [1.54, 1.807) is 0 Å². The van der Waals surface area contributed by atoms with Crippen molar-refractivity contribution in [3.63, 3.8) is 0 Å².